The second kappa shape index (κ2) is 8.76. The number of thiazole rings is 1. The van der Waals surface area contributed by atoms with E-state index < -0.39 is 18.2 Å². The number of morpholine rings is 1. The minimum Gasteiger partial charge on any atom is -0.491 e. The van der Waals surface area contributed by atoms with Crippen molar-refractivity contribution in [2.24, 2.45) is 0 Å². The third-order valence-corrected chi connectivity index (χ3v) is 5.50. The Labute approximate surface area is 170 Å². The third-order valence-electron chi connectivity index (χ3n) is 4.15. The lowest BCUT2D eigenvalue weighted by Crippen LogP contribution is -2.47. The first-order chi connectivity index (χ1) is 13.4. The van der Waals surface area contributed by atoms with Gasteiger partial charge in [0.05, 0.1) is 30.8 Å². The van der Waals surface area contributed by atoms with E-state index in [1.54, 1.807) is 12.3 Å². The Bertz CT molecular complexity index is 887. The molecule has 3 rings (SSSR count). The van der Waals surface area contributed by atoms with Crippen molar-refractivity contribution >= 4 is 35.0 Å². The molecule has 1 aromatic carbocycles. The number of hydrogen-bond acceptors (Lipinski definition) is 7. The molecular weight excluding hydrogens is 408 g/mol. The van der Waals surface area contributed by atoms with Crippen LogP contribution in [-0.4, -0.2) is 66.6 Å². The van der Waals surface area contributed by atoms with E-state index in [1.165, 1.54) is 29.4 Å². The number of aryl methyl sites for hydroxylation is 1. The summed E-state index contributed by atoms with van der Waals surface area (Å²) in [5.41, 5.74) is 0.732. The van der Waals surface area contributed by atoms with Crippen LogP contribution in [-0.2, 0) is 9.47 Å². The van der Waals surface area contributed by atoms with Gasteiger partial charge in [-0.05, 0) is 19.1 Å². The van der Waals surface area contributed by atoms with Crippen molar-refractivity contribution in [3.8, 4) is 16.3 Å². The Kier molecular flexibility index (Phi) is 6.38. The first kappa shape index (κ1) is 20.4. The summed E-state index contributed by atoms with van der Waals surface area (Å²) in [5.74, 6) is -0.195. The monoisotopic (exact) mass is 426 g/mol. The van der Waals surface area contributed by atoms with Gasteiger partial charge in [-0.3, -0.25) is 0 Å². The number of halogens is 1. The first-order valence-electron chi connectivity index (χ1n) is 8.46. The summed E-state index contributed by atoms with van der Waals surface area (Å²) < 4.78 is 16.2. The molecule has 1 unspecified atom stereocenters. The van der Waals surface area contributed by atoms with Crippen LogP contribution in [0.3, 0.4) is 0 Å². The second-order valence-electron chi connectivity index (χ2n) is 6.13. The highest BCUT2D eigenvalue weighted by atomic mass is 35.5. The Morgan fingerprint density at radius 1 is 1.46 bits per heavy atom. The summed E-state index contributed by atoms with van der Waals surface area (Å²) in [4.78, 5) is 29.9. The summed E-state index contributed by atoms with van der Waals surface area (Å²) in [6, 6.07) is 3.20. The summed E-state index contributed by atoms with van der Waals surface area (Å²) in [6.07, 6.45) is 0.319. The van der Waals surface area contributed by atoms with Crippen molar-refractivity contribution in [2.45, 2.75) is 13.0 Å². The van der Waals surface area contributed by atoms with Gasteiger partial charge in [0.2, 0.25) is 0 Å². The van der Waals surface area contributed by atoms with Gasteiger partial charge in [-0.25, -0.2) is 14.6 Å². The highest BCUT2D eigenvalue weighted by Crippen LogP contribution is 2.37. The van der Waals surface area contributed by atoms with Gasteiger partial charge in [-0.15, -0.1) is 11.3 Å². The number of amides is 1. The van der Waals surface area contributed by atoms with Gasteiger partial charge in [-0.1, -0.05) is 11.6 Å². The van der Waals surface area contributed by atoms with Crippen LogP contribution in [0.5, 0.6) is 5.75 Å². The molecule has 1 amide bonds. The minimum atomic E-state index is -0.991. The average molecular weight is 427 g/mol. The molecule has 2 heterocycles. The normalized spacial score (nSPS) is 16.7. The number of aromatic nitrogens is 1. The van der Waals surface area contributed by atoms with Crippen molar-refractivity contribution < 1.29 is 28.9 Å². The molecule has 0 saturated carbocycles. The maximum atomic E-state index is 12.1. The number of esters is 1. The Morgan fingerprint density at radius 3 is 2.89 bits per heavy atom. The lowest BCUT2D eigenvalue weighted by molar-refractivity contribution is -0.0412. The molecule has 28 heavy (non-hydrogen) atoms. The van der Waals surface area contributed by atoms with Crippen LogP contribution >= 0.6 is 22.9 Å². The lowest BCUT2D eigenvalue weighted by Gasteiger charge is -2.30. The number of methoxy groups -OCH3 is 1. The lowest BCUT2D eigenvalue weighted by atomic mass is 10.1. The van der Waals surface area contributed by atoms with Gasteiger partial charge in [0, 0.05) is 23.2 Å². The molecule has 1 saturated heterocycles. The molecule has 0 spiro atoms. The fourth-order valence-corrected chi connectivity index (χ4v) is 3.88. The van der Waals surface area contributed by atoms with Gasteiger partial charge in [-0.2, -0.15) is 0 Å². The fourth-order valence-electron chi connectivity index (χ4n) is 2.76. The topological polar surface area (TPSA) is 98.2 Å². The molecule has 1 aliphatic heterocycles. The molecule has 2 aromatic rings. The third kappa shape index (κ3) is 4.54. The first-order valence-corrected chi connectivity index (χ1v) is 9.65. The maximum Gasteiger partial charge on any atom is 0.407 e. The number of ether oxygens (including phenoxy) is 3. The van der Waals surface area contributed by atoms with Crippen LogP contribution in [0.2, 0.25) is 5.02 Å². The molecule has 10 heteroatoms. The molecule has 1 N–H and O–H groups in total. The molecular formula is C18H19ClN2O6S. The smallest absolute Gasteiger partial charge is 0.407 e. The van der Waals surface area contributed by atoms with E-state index in [9.17, 15) is 9.59 Å². The molecule has 1 fully saturated rings. The zero-order chi connectivity index (χ0) is 20.3. The highest BCUT2D eigenvalue weighted by molar-refractivity contribution is 7.15. The van der Waals surface area contributed by atoms with Crippen molar-refractivity contribution in [3.63, 3.8) is 0 Å². The summed E-state index contributed by atoms with van der Waals surface area (Å²) >= 11 is 7.86. The molecule has 8 nitrogen and oxygen atoms in total. The molecule has 1 atom stereocenters. The number of carbonyl (C=O) groups excluding carboxylic acids is 1. The quantitative estimate of drug-likeness (QED) is 0.732. The number of rotatable bonds is 5. The number of carboxylic acid groups (broad SMARTS) is 1. The number of benzene rings is 1. The zero-order valence-electron chi connectivity index (χ0n) is 15.3. The number of nitrogens with zero attached hydrogens (tertiary/aromatic N) is 2. The van der Waals surface area contributed by atoms with E-state index in [2.05, 4.69) is 4.98 Å². The van der Waals surface area contributed by atoms with Gasteiger partial charge in [0.25, 0.3) is 0 Å². The van der Waals surface area contributed by atoms with Gasteiger partial charge < -0.3 is 24.2 Å². The van der Waals surface area contributed by atoms with E-state index in [4.69, 9.17) is 30.9 Å². The van der Waals surface area contributed by atoms with Gasteiger partial charge in [0.1, 0.15) is 23.5 Å². The fraction of sp³-hybridized carbons (Fsp3) is 0.389. The van der Waals surface area contributed by atoms with Gasteiger partial charge >= 0.3 is 12.1 Å². The van der Waals surface area contributed by atoms with Crippen molar-refractivity contribution in [3.05, 3.63) is 33.8 Å². The zero-order valence-corrected chi connectivity index (χ0v) is 16.9. The Balaban J connectivity index is 1.84. The molecule has 0 radical (unpaired) electrons. The summed E-state index contributed by atoms with van der Waals surface area (Å²) in [6.45, 7) is 2.89. The summed E-state index contributed by atoms with van der Waals surface area (Å²) in [7, 11) is 1.27. The average Bonchev–Trinajstić information content (AvgIpc) is 3.12. The van der Waals surface area contributed by atoms with Crippen LogP contribution in [0, 0.1) is 6.92 Å². The van der Waals surface area contributed by atoms with E-state index in [0.717, 1.165) is 4.88 Å². The maximum absolute atomic E-state index is 12.1. The molecule has 0 aliphatic carbocycles. The number of hydrogen-bond donors (Lipinski definition) is 1. The largest absolute Gasteiger partial charge is 0.491 e. The standard InChI is InChI=1S/C18H19ClN2O6S/c1-10-7-20-16(28-10)13-5-11(6-14(15(13)19)17(22)25-2)27-9-12-8-21(18(23)24)3-4-26-12/h5-7,12H,3-4,8-9H2,1-2H3,(H,23,24). The number of carbonyl (C=O) groups is 2. The Hall–Kier alpha value is -2.36. The van der Waals surface area contributed by atoms with Crippen LogP contribution in [0.25, 0.3) is 10.6 Å². The van der Waals surface area contributed by atoms with Crippen LogP contribution in [0.15, 0.2) is 18.3 Å². The SMILES string of the molecule is COC(=O)c1cc(OCC2CN(C(=O)O)CCO2)cc(-c2ncc(C)s2)c1Cl. The highest BCUT2D eigenvalue weighted by Gasteiger charge is 2.25. The second-order valence-corrected chi connectivity index (χ2v) is 7.75. The molecule has 0 bridgehead atoms. The van der Waals surface area contributed by atoms with E-state index in [0.29, 0.717) is 29.5 Å². The van der Waals surface area contributed by atoms with E-state index in [1.807, 2.05) is 6.92 Å². The Morgan fingerprint density at radius 2 is 2.25 bits per heavy atom. The summed E-state index contributed by atoms with van der Waals surface area (Å²) in [5, 5.41) is 10.0. The molecule has 1 aromatic heterocycles. The van der Waals surface area contributed by atoms with Gasteiger partial charge in [0.15, 0.2) is 0 Å². The van der Waals surface area contributed by atoms with E-state index >= 15 is 0 Å². The predicted octanol–water partition coefficient (Wildman–Crippen LogP) is 3.32. The molecule has 1 aliphatic rings. The predicted molar refractivity (Wildman–Crippen MR) is 103 cm³/mol. The van der Waals surface area contributed by atoms with Crippen molar-refractivity contribution in [1.29, 1.82) is 0 Å². The molecule has 150 valence electrons. The van der Waals surface area contributed by atoms with Crippen molar-refractivity contribution in [1.82, 2.24) is 9.88 Å². The van der Waals surface area contributed by atoms with Crippen LogP contribution in [0.4, 0.5) is 4.79 Å². The van der Waals surface area contributed by atoms with E-state index in [-0.39, 0.29) is 23.7 Å². The minimum absolute atomic E-state index is 0.127. The van der Waals surface area contributed by atoms with Crippen LogP contribution in [0.1, 0.15) is 15.2 Å². The van der Waals surface area contributed by atoms with Crippen molar-refractivity contribution in [2.75, 3.05) is 33.4 Å². The van der Waals surface area contributed by atoms with Crippen LogP contribution < -0.4 is 4.74 Å².